The van der Waals surface area contributed by atoms with Crippen molar-refractivity contribution in [3.05, 3.63) is 45.1 Å². The van der Waals surface area contributed by atoms with Gasteiger partial charge < -0.3 is 5.32 Å². The highest BCUT2D eigenvalue weighted by Gasteiger charge is 2.12. The molecule has 100 valence electrons. The Morgan fingerprint density at radius 1 is 1.47 bits per heavy atom. The van der Waals surface area contributed by atoms with E-state index in [0.29, 0.717) is 10.9 Å². The quantitative estimate of drug-likeness (QED) is 0.870. The maximum Gasteiger partial charge on any atom is 0.231 e. The number of nitrogens with one attached hydrogen (secondary N) is 1. The first kappa shape index (κ1) is 14.2. The van der Waals surface area contributed by atoms with Crippen LogP contribution in [0.1, 0.15) is 10.7 Å². The molecule has 0 radical (unpaired) electrons. The van der Waals surface area contributed by atoms with Crippen LogP contribution in [0.2, 0.25) is 5.02 Å². The number of carbonyl (C=O) groups excluding carboxylic acids is 1. The molecule has 0 saturated heterocycles. The topological polar surface area (TPSA) is 42.0 Å². The Hall–Kier alpha value is -1.17. The number of aromatic nitrogens is 1. The normalized spacial score (nSPS) is 10.5. The van der Waals surface area contributed by atoms with Crippen LogP contribution in [0.5, 0.6) is 0 Å². The summed E-state index contributed by atoms with van der Waals surface area (Å²) in [6, 6.07) is 4.21. The molecule has 7 heteroatoms. The van der Waals surface area contributed by atoms with Crippen molar-refractivity contribution in [2.45, 2.75) is 12.3 Å². The minimum atomic E-state index is -0.568. The molecule has 19 heavy (non-hydrogen) atoms. The highest BCUT2D eigenvalue weighted by Crippen LogP contribution is 2.24. The van der Waals surface area contributed by atoms with Crippen LogP contribution in [-0.2, 0) is 17.1 Å². The molecule has 0 saturated carbocycles. The predicted octanol–water partition coefficient (Wildman–Crippen LogP) is 3.86. The van der Waals surface area contributed by atoms with Gasteiger partial charge in [-0.05, 0) is 12.1 Å². The second-order valence-electron chi connectivity index (χ2n) is 3.69. The van der Waals surface area contributed by atoms with Crippen molar-refractivity contribution >= 4 is 46.1 Å². The number of hydrogen-bond acceptors (Lipinski definition) is 3. The Morgan fingerprint density at radius 2 is 2.26 bits per heavy atom. The zero-order valence-electron chi connectivity index (χ0n) is 9.62. The third-order valence-corrected chi connectivity index (χ3v) is 3.76. The van der Waals surface area contributed by atoms with Gasteiger partial charge in [0.25, 0.3) is 0 Å². The maximum absolute atomic E-state index is 13.5. The van der Waals surface area contributed by atoms with Gasteiger partial charge in [-0.2, -0.15) is 0 Å². The molecule has 0 atom stereocenters. The van der Waals surface area contributed by atoms with Crippen LogP contribution in [0.25, 0.3) is 0 Å². The smallest absolute Gasteiger partial charge is 0.231 e. The third kappa shape index (κ3) is 3.65. The van der Waals surface area contributed by atoms with Crippen LogP contribution < -0.4 is 5.32 Å². The molecular weight excluding hydrogens is 310 g/mol. The highest BCUT2D eigenvalue weighted by molar-refractivity contribution is 7.09. The van der Waals surface area contributed by atoms with E-state index in [-0.39, 0.29) is 23.0 Å². The first-order valence-electron chi connectivity index (χ1n) is 5.33. The number of benzene rings is 1. The molecule has 0 aliphatic carbocycles. The lowest BCUT2D eigenvalue weighted by Crippen LogP contribution is -2.15. The Bertz CT molecular complexity index is 583. The predicted molar refractivity (Wildman–Crippen MR) is 75.4 cm³/mol. The van der Waals surface area contributed by atoms with E-state index in [2.05, 4.69) is 10.3 Å². The molecule has 1 aromatic carbocycles. The van der Waals surface area contributed by atoms with Gasteiger partial charge in [0, 0.05) is 5.38 Å². The van der Waals surface area contributed by atoms with Crippen LogP contribution in [0, 0.1) is 5.82 Å². The second kappa shape index (κ2) is 6.32. The largest absolute Gasteiger partial charge is 0.322 e. The van der Waals surface area contributed by atoms with Gasteiger partial charge in [-0.25, -0.2) is 9.37 Å². The molecule has 0 unspecified atom stereocenters. The summed E-state index contributed by atoms with van der Waals surface area (Å²) in [5, 5.41) is 5.01. The minimum Gasteiger partial charge on any atom is -0.322 e. The highest BCUT2D eigenvalue weighted by atomic mass is 35.5. The minimum absolute atomic E-state index is 0.0108. The van der Waals surface area contributed by atoms with E-state index in [4.69, 9.17) is 23.2 Å². The number of alkyl halides is 1. The number of rotatable bonds is 4. The molecule has 1 heterocycles. The van der Waals surface area contributed by atoms with Gasteiger partial charge in [-0.3, -0.25) is 4.79 Å². The summed E-state index contributed by atoms with van der Waals surface area (Å²) < 4.78 is 13.5. The first-order valence-corrected chi connectivity index (χ1v) is 7.12. The third-order valence-electron chi connectivity index (χ3n) is 2.28. The van der Waals surface area contributed by atoms with Crippen molar-refractivity contribution in [1.29, 1.82) is 0 Å². The Kier molecular flexibility index (Phi) is 4.74. The standard InChI is InChI=1S/C12H9Cl2FN2OS/c13-5-7-6-19-11(16-7)4-10(18)17-12-8(14)2-1-3-9(12)15/h1-3,6H,4-5H2,(H,17,18). The average Bonchev–Trinajstić information content (AvgIpc) is 2.81. The summed E-state index contributed by atoms with van der Waals surface area (Å²) in [5.41, 5.74) is 0.710. The van der Waals surface area contributed by atoms with Gasteiger partial charge >= 0.3 is 0 Å². The summed E-state index contributed by atoms with van der Waals surface area (Å²) in [6.07, 6.45) is 0.0617. The van der Waals surface area contributed by atoms with Crippen LogP contribution in [0.3, 0.4) is 0 Å². The number of anilines is 1. The lowest BCUT2D eigenvalue weighted by molar-refractivity contribution is -0.115. The van der Waals surface area contributed by atoms with Gasteiger partial charge in [0.2, 0.25) is 5.91 Å². The van der Waals surface area contributed by atoms with Gasteiger partial charge in [-0.15, -0.1) is 22.9 Å². The number of thiazole rings is 1. The first-order chi connectivity index (χ1) is 9.10. The molecule has 2 aromatic rings. The van der Waals surface area contributed by atoms with Gasteiger partial charge in [0.15, 0.2) is 0 Å². The average molecular weight is 319 g/mol. The zero-order chi connectivity index (χ0) is 13.8. The van der Waals surface area contributed by atoms with Crippen molar-refractivity contribution in [1.82, 2.24) is 4.98 Å². The lowest BCUT2D eigenvalue weighted by Gasteiger charge is -2.07. The van der Waals surface area contributed by atoms with E-state index in [1.54, 1.807) is 5.38 Å². The number of amides is 1. The van der Waals surface area contributed by atoms with E-state index < -0.39 is 5.82 Å². The van der Waals surface area contributed by atoms with E-state index >= 15 is 0 Å². The molecule has 0 bridgehead atoms. The summed E-state index contributed by atoms with van der Waals surface area (Å²) in [6.45, 7) is 0. The molecule has 2 rings (SSSR count). The fourth-order valence-corrected chi connectivity index (χ4v) is 2.66. The van der Waals surface area contributed by atoms with Crippen LogP contribution in [0.15, 0.2) is 23.6 Å². The van der Waals surface area contributed by atoms with Crippen LogP contribution in [-0.4, -0.2) is 10.9 Å². The number of carbonyl (C=O) groups is 1. The fourth-order valence-electron chi connectivity index (χ4n) is 1.43. The number of halogens is 3. The van der Waals surface area contributed by atoms with Crippen molar-refractivity contribution in [3.8, 4) is 0 Å². The summed E-state index contributed by atoms with van der Waals surface area (Å²) in [4.78, 5) is 15.9. The van der Waals surface area contributed by atoms with Gasteiger partial charge in [0.1, 0.15) is 10.8 Å². The van der Waals surface area contributed by atoms with Gasteiger partial charge in [0.05, 0.1) is 28.7 Å². The summed E-state index contributed by atoms with van der Waals surface area (Å²) in [5.74, 6) is -0.638. The van der Waals surface area contributed by atoms with Crippen molar-refractivity contribution in [3.63, 3.8) is 0 Å². The van der Waals surface area contributed by atoms with Gasteiger partial charge in [-0.1, -0.05) is 17.7 Å². The van der Waals surface area contributed by atoms with Crippen molar-refractivity contribution in [2.75, 3.05) is 5.32 Å². The van der Waals surface area contributed by atoms with E-state index in [0.717, 1.165) is 5.69 Å². The maximum atomic E-state index is 13.5. The molecule has 0 fully saturated rings. The second-order valence-corrected chi connectivity index (χ2v) is 5.30. The zero-order valence-corrected chi connectivity index (χ0v) is 11.9. The molecule has 1 aromatic heterocycles. The molecule has 0 aliphatic heterocycles. The molecule has 0 spiro atoms. The molecule has 1 amide bonds. The SMILES string of the molecule is O=C(Cc1nc(CCl)cs1)Nc1c(F)cccc1Cl. The van der Waals surface area contributed by atoms with Crippen molar-refractivity contribution < 1.29 is 9.18 Å². The van der Waals surface area contributed by atoms with E-state index in [9.17, 15) is 9.18 Å². The number of para-hydroxylation sites is 1. The van der Waals surface area contributed by atoms with E-state index in [1.807, 2.05) is 0 Å². The van der Waals surface area contributed by atoms with Crippen molar-refractivity contribution in [2.24, 2.45) is 0 Å². The molecule has 0 aliphatic rings. The van der Waals surface area contributed by atoms with Crippen LogP contribution in [0.4, 0.5) is 10.1 Å². The number of hydrogen-bond donors (Lipinski definition) is 1. The van der Waals surface area contributed by atoms with E-state index in [1.165, 1.54) is 29.5 Å². The number of nitrogens with zero attached hydrogens (tertiary/aromatic N) is 1. The molecule has 3 nitrogen and oxygen atoms in total. The monoisotopic (exact) mass is 318 g/mol. The molecular formula is C12H9Cl2FN2OS. The Labute approximate surface area is 123 Å². The fraction of sp³-hybridized carbons (Fsp3) is 0.167. The summed E-state index contributed by atoms with van der Waals surface area (Å²) in [7, 11) is 0. The summed E-state index contributed by atoms with van der Waals surface area (Å²) >= 11 is 12.8. The Morgan fingerprint density at radius 3 is 2.89 bits per heavy atom. The lowest BCUT2D eigenvalue weighted by atomic mass is 10.3. The van der Waals surface area contributed by atoms with Crippen LogP contribution >= 0.6 is 34.5 Å². The Balaban J connectivity index is 2.05. The molecule has 1 N–H and O–H groups in total.